The van der Waals surface area contributed by atoms with E-state index in [-0.39, 0.29) is 23.8 Å². The Morgan fingerprint density at radius 2 is 2.00 bits per heavy atom. The van der Waals surface area contributed by atoms with Crippen molar-refractivity contribution in [2.45, 2.75) is 31.8 Å². The zero-order chi connectivity index (χ0) is 18.1. The fourth-order valence-corrected chi connectivity index (χ4v) is 5.30. The quantitative estimate of drug-likeness (QED) is 0.901. The maximum atomic E-state index is 12.8. The van der Waals surface area contributed by atoms with E-state index in [1.165, 1.54) is 0 Å². The number of carbonyl (C=O) groups excluding carboxylic acids is 1. The van der Waals surface area contributed by atoms with Gasteiger partial charge in [-0.1, -0.05) is 30.3 Å². The van der Waals surface area contributed by atoms with Gasteiger partial charge in [0.25, 0.3) is 0 Å². The van der Waals surface area contributed by atoms with Crippen LogP contribution in [0, 0.1) is 5.41 Å². The van der Waals surface area contributed by atoms with Gasteiger partial charge in [0.05, 0.1) is 18.2 Å². The Labute approximate surface area is 158 Å². The minimum absolute atomic E-state index is 0.0000601. The van der Waals surface area contributed by atoms with E-state index in [4.69, 9.17) is 0 Å². The number of nitrogens with zero attached hydrogens (tertiary/aromatic N) is 3. The summed E-state index contributed by atoms with van der Waals surface area (Å²) in [5.41, 5.74) is 2.08. The second-order valence-electron chi connectivity index (χ2n) is 7.63. The fraction of sp³-hybridized carbons (Fsp3) is 0.500. The second-order valence-corrected chi connectivity index (χ2v) is 8.46. The summed E-state index contributed by atoms with van der Waals surface area (Å²) in [5, 5.41) is 12.2. The zero-order valence-corrected chi connectivity index (χ0v) is 15.9. The summed E-state index contributed by atoms with van der Waals surface area (Å²) in [6.07, 6.45) is 3.08. The molecule has 26 heavy (non-hydrogen) atoms. The van der Waals surface area contributed by atoms with Gasteiger partial charge in [0.15, 0.2) is 5.13 Å². The number of anilines is 1. The third-order valence-corrected chi connectivity index (χ3v) is 6.83. The molecule has 1 aromatic carbocycles. The van der Waals surface area contributed by atoms with Crippen molar-refractivity contribution in [3.8, 4) is 0 Å². The van der Waals surface area contributed by atoms with Crippen molar-refractivity contribution in [1.29, 1.82) is 0 Å². The van der Waals surface area contributed by atoms with Crippen molar-refractivity contribution in [2.24, 2.45) is 5.41 Å². The first-order chi connectivity index (χ1) is 12.6. The number of carbonyl (C=O) groups is 1. The smallest absolute Gasteiger partial charge is 0.229 e. The monoisotopic (exact) mass is 371 g/mol. The Morgan fingerprint density at radius 3 is 2.65 bits per heavy atom. The average molecular weight is 372 g/mol. The van der Waals surface area contributed by atoms with Crippen molar-refractivity contribution in [2.75, 3.05) is 31.6 Å². The standard InChI is InChI=1S/C20H25N3O2S/c1-22-14-20(11-17(18(22)25)15-5-3-2-4-6-15)7-9-23(10-8-20)19-21-16(12-24)13-26-19/h2-6,13,17,24H,7-12,14H2,1H3/t17-/m0/s1. The number of amides is 1. The number of thiazole rings is 1. The number of piperidine rings is 2. The third kappa shape index (κ3) is 3.23. The summed E-state index contributed by atoms with van der Waals surface area (Å²) >= 11 is 1.60. The van der Waals surface area contributed by atoms with Gasteiger partial charge in [0, 0.05) is 32.1 Å². The molecule has 1 aromatic heterocycles. The second kappa shape index (κ2) is 7.00. The Morgan fingerprint density at radius 1 is 1.27 bits per heavy atom. The van der Waals surface area contributed by atoms with Gasteiger partial charge in [-0.3, -0.25) is 4.79 Å². The molecule has 0 unspecified atom stereocenters. The van der Waals surface area contributed by atoms with Gasteiger partial charge in [-0.05, 0) is 30.2 Å². The molecule has 2 saturated heterocycles. The molecular weight excluding hydrogens is 346 g/mol. The number of likely N-dealkylation sites (tertiary alicyclic amines) is 1. The lowest BCUT2D eigenvalue weighted by molar-refractivity contribution is -0.138. The molecule has 0 bridgehead atoms. The molecule has 2 fully saturated rings. The summed E-state index contributed by atoms with van der Waals surface area (Å²) in [4.78, 5) is 21.5. The van der Waals surface area contributed by atoms with Crippen molar-refractivity contribution < 1.29 is 9.90 Å². The van der Waals surface area contributed by atoms with E-state index < -0.39 is 0 Å². The van der Waals surface area contributed by atoms with Gasteiger partial charge in [0.2, 0.25) is 5.91 Å². The molecule has 4 rings (SSSR count). The van der Waals surface area contributed by atoms with Gasteiger partial charge in [-0.15, -0.1) is 11.3 Å². The van der Waals surface area contributed by atoms with E-state index >= 15 is 0 Å². The lowest BCUT2D eigenvalue weighted by Gasteiger charge is -2.49. The molecule has 1 atom stereocenters. The highest BCUT2D eigenvalue weighted by Gasteiger charge is 2.45. The number of likely N-dealkylation sites (N-methyl/N-ethyl adjacent to an activating group) is 1. The van der Waals surface area contributed by atoms with E-state index in [1.54, 1.807) is 11.3 Å². The summed E-state index contributed by atoms with van der Waals surface area (Å²) in [6.45, 7) is 2.77. The SMILES string of the molecule is CN1CC2(CCN(c3nc(CO)cs3)CC2)C[C@@H](c2ccccc2)C1=O. The average Bonchev–Trinajstić information content (AvgIpc) is 3.15. The Bertz CT molecular complexity index is 768. The Hall–Kier alpha value is -1.92. The van der Waals surface area contributed by atoms with Gasteiger partial charge in [0.1, 0.15) is 0 Å². The summed E-state index contributed by atoms with van der Waals surface area (Å²) in [6, 6.07) is 10.2. The molecule has 2 aliphatic rings. The number of aliphatic hydroxyl groups excluding tert-OH is 1. The molecule has 2 aliphatic heterocycles. The third-order valence-electron chi connectivity index (χ3n) is 5.88. The predicted molar refractivity (Wildman–Crippen MR) is 103 cm³/mol. The lowest BCUT2D eigenvalue weighted by Crippen LogP contribution is -2.52. The summed E-state index contributed by atoms with van der Waals surface area (Å²) in [7, 11) is 1.94. The summed E-state index contributed by atoms with van der Waals surface area (Å²) < 4.78 is 0. The first-order valence-corrected chi connectivity index (χ1v) is 10.1. The molecule has 2 aromatic rings. The first-order valence-electron chi connectivity index (χ1n) is 9.20. The summed E-state index contributed by atoms with van der Waals surface area (Å²) in [5.74, 6) is 0.221. The molecule has 0 saturated carbocycles. The molecule has 0 radical (unpaired) electrons. The van der Waals surface area contributed by atoms with Crippen molar-refractivity contribution in [3.63, 3.8) is 0 Å². The Kier molecular flexibility index (Phi) is 4.71. The molecule has 3 heterocycles. The van der Waals surface area contributed by atoms with Crippen LogP contribution in [0.25, 0.3) is 0 Å². The largest absolute Gasteiger partial charge is 0.390 e. The molecular formula is C20H25N3O2S. The highest BCUT2D eigenvalue weighted by molar-refractivity contribution is 7.13. The van der Waals surface area contributed by atoms with E-state index in [0.29, 0.717) is 0 Å². The van der Waals surface area contributed by atoms with Crippen molar-refractivity contribution in [3.05, 3.63) is 47.0 Å². The number of aliphatic hydroxyl groups is 1. The van der Waals surface area contributed by atoms with Crippen LogP contribution in [0.4, 0.5) is 5.13 Å². The molecule has 1 N–H and O–H groups in total. The van der Waals surface area contributed by atoms with Crippen LogP contribution >= 0.6 is 11.3 Å². The predicted octanol–water partition coefficient (Wildman–Crippen LogP) is 2.87. The van der Waals surface area contributed by atoms with Gasteiger partial charge in [-0.25, -0.2) is 4.98 Å². The minimum Gasteiger partial charge on any atom is -0.390 e. The van der Waals surface area contributed by atoms with E-state index in [0.717, 1.165) is 55.3 Å². The normalized spacial score (nSPS) is 22.8. The lowest BCUT2D eigenvalue weighted by atomic mass is 9.68. The molecule has 0 aliphatic carbocycles. The maximum absolute atomic E-state index is 12.8. The number of benzene rings is 1. The Balaban J connectivity index is 1.49. The topological polar surface area (TPSA) is 56.7 Å². The van der Waals surface area contributed by atoms with Crippen LogP contribution in [0.3, 0.4) is 0 Å². The van der Waals surface area contributed by atoms with Crippen LogP contribution < -0.4 is 4.90 Å². The molecule has 6 heteroatoms. The van der Waals surface area contributed by atoms with Crippen LogP contribution in [-0.2, 0) is 11.4 Å². The highest BCUT2D eigenvalue weighted by atomic mass is 32.1. The van der Waals surface area contributed by atoms with E-state index in [2.05, 4.69) is 22.0 Å². The minimum atomic E-state index is -0.0256. The van der Waals surface area contributed by atoms with E-state index in [9.17, 15) is 9.90 Å². The molecule has 138 valence electrons. The first kappa shape index (κ1) is 17.5. The number of aromatic nitrogens is 1. The highest BCUT2D eigenvalue weighted by Crippen LogP contribution is 2.46. The van der Waals surface area contributed by atoms with E-state index in [1.807, 2.05) is 35.5 Å². The zero-order valence-electron chi connectivity index (χ0n) is 15.1. The fourth-order valence-electron chi connectivity index (χ4n) is 4.43. The van der Waals surface area contributed by atoms with Crippen LogP contribution in [0.15, 0.2) is 35.7 Å². The molecule has 5 nitrogen and oxygen atoms in total. The number of hydrogen-bond acceptors (Lipinski definition) is 5. The van der Waals surface area contributed by atoms with Gasteiger partial charge in [-0.2, -0.15) is 0 Å². The van der Waals surface area contributed by atoms with Crippen LogP contribution in [-0.4, -0.2) is 47.6 Å². The van der Waals surface area contributed by atoms with Crippen LogP contribution in [0.5, 0.6) is 0 Å². The van der Waals surface area contributed by atoms with Crippen molar-refractivity contribution >= 4 is 22.4 Å². The van der Waals surface area contributed by atoms with Crippen LogP contribution in [0.2, 0.25) is 0 Å². The van der Waals surface area contributed by atoms with Gasteiger partial charge >= 0.3 is 0 Å². The maximum Gasteiger partial charge on any atom is 0.229 e. The van der Waals surface area contributed by atoms with Crippen molar-refractivity contribution in [1.82, 2.24) is 9.88 Å². The molecule has 1 spiro atoms. The van der Waals surface area contributed by atoms with Crippen LogP contribution in [0.1, 0.15) is 36.4 Å². The number of hydrogen-bond donors (Lipinski definition) is 1. The molecule has 1 amide bonds. The number of rotatable bonds is 3. The van der Waals surface area contributed by atoms with Gasteiger partial charge < -0.3 is 14.9 Å².